The van der Waals surface area contributed by atoms with Crippen molar-refractivity contribution in [2.45, 2.75) is 26.8 Å². The van der Waals surface area contributed by atoms with E-state index in [1.54, 1.807) is 58.4 Å². The van der Waals surface area contributed by atoms with Crippen LogP contribution in [0.25, 0.3) is 6.08 Å². The Balaban J connectivity index is 1.95. The Morgan fingerprint density at radius 2 is 1.76 bits per heavy atom. The van der Waals surface area contributed by atoms with Gasteiger partial charge in [0.1, 0.15) is 17.5 Å². The van der Waals surface area contributed by atoms with Gasteiger partial charge in [-0.25, -0.2) is 9.79 Å². The first-order chi connectivity index (χ1) is 18.4. The summed E-state index contributed by atoms with van der Waals surface area (Å²) >= 11 is 1.24. The van der Waals surface area contributed by atoms with Crippen LogP contribution in [0, 0.1) is 0 Å². The first-order valence-electron chi connectivity index (χ1n) is 12.1. The largest absolute Gasteiger partial charge is 0.497 e. The number of carbonyl (C=O) groups is 1. The van der Waals surface area contributed by atoms with Crippen molar-refractivity contribution in [3.8, 4) is 23.0 Å². The Morgan fingerprint density at radius 1 is 1.00 bits per heavy atom. The number of thiazole rings is 1. The Labute approximate surface area is 224 Å². The monoisotopic (exact) mass is 538 g/mol. The third-order valence-corrected chi connectivity index (χ3v) is 7.02. The molecule has 0 spiro atoms. The molecule has 4 rings (SSSR count). The molecule has 38 heavy (non-hydrogen) atoms. The van der Waals surface area contributed by atoms with E-state index >= 15 is 0 Å². The molecule has 2 aromatic carbocycles. The molecular formula is C28H30N2O7S. The van der Waals surface area contributed by atoms with E-state index < -0.39 is 12.0 Å². The van der Waals surface area contributed by atoms with Gasteiger partial charge < -0.3 is 23.7 Å². The molecule has 1 aliphatic heterocycles. The number of benzene rings is 2. The molecule has 1 aromatic heterocycles. The normalized spacial score (nSPS) is 15.0. The molecule has 1 aliphatic rings. The second kappa shape index (κ2) is 11.6. The van der Waals surface area contributed by atoms with E-state index in [0.29, 0.717) is 50.2 Å². The lowest BCUT2D eigenvalue weighted by Crippen LogP contribution is -2.40. The smallest absolute Gasteiger partial charge is 0.338 e. The van der Waals surface area contributed by atoms with Crippen LogP contribution in [0.4, 0.5) is 0 Å². The third kappa shape index (κ3) is 5.04. The standard InChI is InChI=1S/C28H30N2O7S/c1-7-36-22-13-17(9-12-20(22)34-5)14-23-26(31)30-25(19-11-10-18(33-4)15-21(19)35-6)24(27(32)37-8-2)16(3)29-28(30)38-23/h9-15,25H,7-8H2,1-6H3/b23-14-/t25-/m0/s1. The Morgan fingerprint density at radius 3 is 2.42 bits per heavy atom. The van der Waals surface area contributed by atoms with Crippen molar-refractivity contribution in [2.24, 2.45) is 4.99 Å². The molecule has 3 aromatic rings. The summed E-state index contributed by atoms with van der Waals surface area (Å²) in [5.74, 6) is 1.70. The molecule has 0 saturated carbocycles. The van der Waals surface area contributed by atoms with Gasteiger partial charge in [-0.2, -0.15) is 0 Å². The van der Waals surface area contributed by atoms with Gasteiger partial charge in [-0.05, 0) is 56.7 Å². The molecule has 0 radical (unpaired) electrons. The SMILES string of the molecule is CCOC(=O)C1=C(C)N=c2s/c(=C\c3ccc(OC)c(OCC)c3)c(=O)n2[C@H]1c1ccc(OC)cc1OC. The highest BCUT2D eigenvalue weighted by molar-refractivity contribution is 7.07. The van der Waals surface area contributed by atoms with Crippen molar-refractivity contribution in [3.63, 3.8) is 0 Å². The van der Waals surface area contributed by atoms with Gasteiger partial charge in [0.2, 0.25) is 0 Å². The number of methoxy groups -OCH3 is 3. The molecule has 0 amide bonds. The van der Waals surface area contributed by atoms with E-state index in [1.165, 1.54) is 23.0 Å². The number of rotatable bonds is 9. The summed E-state index contributed by atoms with van der Waals surface area (Å²) in [5, 5.41) is 0. The average Bonchev–Trinajstić information content (AvgIpc) is 3.22. The zero-order chi connectivity index (χ0) is 27.4. The molecule has 200 valence electrons. The summed E-state index contributed by atoms with van der Waals surface area (Å²) in [7, 11) is 4.66. The molecule has 0 N–H and O–H groups in total. The zero-order valence-electron chi connectivity index (χ0n) is 22.2. The highest BCUT2D eigenvalue weighted by atomic mass is 32.1. The van der Waals surface area contributed by atoms with Crippen LogP contribution >= 0.6 is 11.3 Å². The maximum atomic E-state index is 13.9. The zero-order valence-corrected chi connectivity index (χ0v) is 23.0. The molecule has 10 heteroatoms. The minimum atomic E-state index is -0.803. The number of nitrogens with zero attached hydrogens (tertiary/aromatic N) is 2. The molecule has 0 saturated heterocycles. The van der Waals surface area contributed by atoms with Crippen LogP contribution in [0.3, 0.4) is 0 Å². The van der Waals surface area contributed by atoms with Crippen molar-refractivity contribution < 1.29 is 28.5 Å². The molecule has 0 fully saturated rings. The third-order valence-electron chi connectivity index (χ3n) is 6.04. The number of allylic oxidation sites excluding steroid dienone is 1. The van der Waals surface area contributed by atoms with Gasteiger partial charge in [0.25, 0.3) is 5.56 Å². The van der Waals surface area contributed by atoms with Gasteiger partial charge in [-0.3, -0.25) is 9.36 Å². The summed E-state index contributed by atoms with van der Waals surface area (Å²) < 4.78 is 29.4. The summed E-state index contributed by atoms with van der Waals surface area (Å²) in [4.78, 5) is 32.1. The van der Waals surface area contributed by atoms with Crippen LogP contribution in [0.1, 0.15) is 37.9 Å². The lowest BCUT2D eigenvalue weighted by Gasteiger charge is -2.26. The van der Waals surface area contributed by atoms with Crippen molar-refractivity contribution in [1.29, 1.82) is 0 Å². The van der Waals surface area contributed by atoms with Crippen LogP contribution in [0.5, 0.6) is 23.0 Å². The minimum absolute atomic E-state index is 0.187. The summed E-state index contributed by atoms with van der Waals surface area (Å²) in [6.45, 7) is 6.02. The molecule has 0 unspecified atom stereocenters. The van der Waals surface area contributed by atoms with E-state index in [2.05, 4.69) is 4.99 Å². The van der Waals surface area contributed by atoms with E-state index in [0.717, 1.165) is 5.56 Å². The number of hydrogen-bond acceptors (Lipinski definition) is 9. The van der Waals surface area contributed by atoms with Crippen LogP contribution in [0.2, 0.25) is 0 Å². The molecular weight excluding hydrogens is 508 g/mol. The van der Waals surface area contributed by atoms with Gasteiger partial charge in [0, 0.05) is 11.6 Å². The molecule has 0 bridgehead atoms. The summed E-state index contributed by atoms with van der Waals surface area (Å²) in [5.41, 5.74) is 1.83. The van der Waals surface area contributed by atoms with E-state index in [9.17, 15) is 9.59 Å². The van der Waals surface area contributed by atoms with Gasteiger partial charge in [0.15, 0.2) is 16.3 Å². The quantitative estimate of drug-likeness (QED) is 0.386. The second-order valence-corrected chi connectivity index (χ2v) is 9.26. The molecule has 9 nitrogen and oxygen atoms in total. The Bertz CT molecular complexity index is 1570. The van der Waals surface area contributed by atoms with Crippen molar-refractivity contribution in [1.82, 2.24) is 4.57 Å². The second-order valence-electron chi connectivity index (χ2n) is 8.25. The Hall–Kier alpha value is -4.05. The lowest BCUT2D eigenvalue weighted by molar-refractivity contribution is -0.139. The van der Waals surface area contributed by atoms with Gasteiger partial charge >= 0.3 is 5.97 Å². The number of fused-ring (bicyclic) bond motifs is 1. The maximum Gasteiger partial charge on any atom is 0.338 e. The fourth-order valence-electron chi connectivity index (χ4n) is 4.33. The molecule has 1 atom stereocenters. The molecule has 2 heterocycles. The number of ether oxygens (including phenoxy) is 5. The predicted molar refractivity (Wildman–Crippen MR) is 144 cm³/mol. The van der Waals surface area contributed by atoms with Crippen LogP contribution in [-0.2, 0) is 9.53 Å². The van der Waals surface area contributed by atoms with Crippen LogP contribution in [0.15, 0.2) is 57.5 Å². The Kier molecular flexibility index (Phi) is 8.21. The predicted octanol–water partition coefficient (Wildman–Crippen LogP) is 3.22. The van der Waals surface area contributed by atoms with Crippen LogP contribution < -0.4 is 33.8 Å². The van der Waals surface area contributed by atoms with Crippen molar-refractivity contribution >= 4 is 23.4 Å². The minimum Gasteiger partial charge on any atom is -0.497 e. The average molecular weight is 539 g/mol. The maximum absolute atomic E-state index is 13.9. The van der Waals surface area contributed by atoms with E-state index in [4.69, 9.17) is 23.7 Å². The number of aromatic nitrogens is 1. The van der Waals surface area contributed by atoms with Crippen molar-refractivity contribution in [2.75, 3.05) is 34.5 Å². The van der Waals surface area contributed by atoms with E-state index in [1.807, 2.05) is 19.1 Å². The lowest BCUT2D eigenvalue weighted by atomic mass is 9.95. The fourth-order valence-corrected chi connectivity index (χ4v) is 5.38. The first kappa shape index (κ1) is 27.0. The highest BCUT2D eigenvalue weighted by Gasteiger charge is 2.35. The van der Waals surface area contributed by atoms with E-state index in [-0.39, 0.29) is 17.7 Å². The van der Waals surface area contributed by atoms with Gasteiger partial charge in [0.05, 0.1) is 50.3 Å². The first-order valence-corrected chi connectivity index (χ1v) is 12.9. The van der Waals surface area contributed by atoms with Crippen molar-refractivity contribution in [3.05, 3.63) is 78.5 Å². The van der Waals surface area contributed by atoms with Crippen LogP contribution in [-0.4, -0.2) is 45.1 Å². The van der Waals surface area contributed by atoms with Gasteiger partial charge in [-0.1, -0.05) is 17.4 Å². The van der Waals surface area contributed by atoms with Gasteiger partial charge in [-0.15, -0.1) is 0 Å². The molecule has 0 aliphatic carbocycles. The highest BCUT2D eigenvalue weighted by Crippen LogP contribution is 2.37. The summed E-state index contributed by atoms with van der Waals surface area (Å²) in [6, 6.07) is 9.92. The summed E-state index contributed by atoms with van der Waals surface area (Å²) in [6.07, 6.45) is 1.78. The number of esters is 1. The number of hydrogen-bond donors (Lipinski definition) is 0. The topological polar surface area (TPSA) is 97.6 Å². The fraction of sp³-hybridized carbons (Fsp3) is 0.321. The number of carbonyl (C=O) groups excluding carboxylic acids is 1.